The van der Waals surface area contributed by atoms with Crippen molar-refractivity contribution in [3.05, 3.63) is 0 Å². The lowest BCUT2D eigenvalue weighted by atomic mass is 10.4. The molecule has 0 aromatic carbocycles. The Balaban J connectivity index is 2.14. The van der Waals surface area contributed by atoms with Crippen LogP contribution in [0.3, 0.4) is 0 Å². The van der Waals surface area contributed by atoms with Gasteiger partial charge in [0, 0.05) is 13.1 Å². The van der Waals surface area contributed by atoms with Crippen LogP contribution in [0.4, 0.5) is 0 Å². The summed E-state index contributed by atoms with van der Waals surface area (Å²) in [6.45, 7) is 9.12. The van der Waals surface area contributed by atoms with Gasteiger partial charge >= 0.3 is 0 Å². The number of nitrogens with zero attached hydrogens (tertiary/aromatic N) is 1. The van der Waals surface area contributed by atoms with Gasteiger partial charge in [0.05, 0.1) is 5.25 Å². The Kier molecular flexibility index (Phi) is 7.90. The number of nitrogens with one attached hydrogen (secondary N) is 2. The van der Waals surface area contributed by atoms with E-state index in [9.17, 15) is 8.42 Å². The van der Waals surface area contributed by atoms with Crippen molar-refractivity contribution >= 4 is 10.0 Å². The predicted octanol–water partition coefficient (Wildman–Crippen LogP) is 0.780. The first-order valence-corrected chi connectivity index (χ1v) is 9.02. The molecule has 0 aromatic heterocycles. The van der Waals surface area contributed by atoms with Gasteiger partial charge in [0.15, 0.2) is 0 Å². The van der Waals surface area contributed by atoms with Gasteiger partial charge < -0.3 is 10.2 Å². The van der Waals surface area contributed by atoms with E-state index in [0.29, 0.717) is 13.1 Å². The first-order chi connectivity index (χ1) is 9.06. The second-order valence-electron chi connectivity index (χ2n) is 5.36. The molecule has 1 rings (SSSR count). The molecule has 0 bridgehead atoms. The molecule has 1 unspecified atom stereocenters. The highest BCUT2D eigenvalue weighted by Crippen LogP contribution is 2.07. The fraction of sp³-hybridized carbons (Fsp3) is 1.00. The highest BCUT2D eigenvalue weighted by Gasteiger charge is 2.19. The fourth-order valence-electron chi connectivity index (χ4n) is 2.26. The van der Waals surface area contributed by atoms with Crippen molar-refractivity contribution in [3.8, 4) is 0 Å². The third kappa shape index (κ3) is 6.70. The van der Waals surface area contributed by atoms with Crippen molar-refractivity contribution in [1.82, 2.24) is 14.9 Å². The van der Waals surface area contributed by atoms with Crippen LogP contribution in [0.5, 0.6) is 0 Å². The standard InChI is InChI=1S/C13H29N3O2S/c1-3-7-14-12-13(2)19(17,18)15-8-6-11-16-9-4-5-10-16/h13-15H,3-12H2,1-2H3. The van der Waals surface area contributed by atoms with E-state index in [1.54, 1.807) is 6.92 Å². The van der Waals surface area contributed by atoms with E-state index in [-0.39, 0.29) is 5.25 Å². The number of hydrogen-bond donors (Lipinski definition) is 2. The molecule has 1 heterocycles. The van der Waals surface area contributed by atoms with E-state index >= 15 is 0 Å². The summed E-state index contributed by atoms with van der Waals surface area (Å²) in [6.07, 6.45) is 4.49. The maximum absolute atomic E-state index is 12.0. The molecule has 1 fully saturated rings. The summed E-state index contributed by atoms with van der Waals surface area (Å²) in [5, 5.41) is 2.78. The Morgan fingerprint density at radius 3 is 2.53 bits per heavy atom. The van der Waals surface area contributed by atoms with Crippen molar-refractivity contribution in [1.29, 1.82) is 0 Å². The molecule has 5 nitrogen and oxygen atoms in total. The van der Waals surface area contributed by atoms with E-state index in [1.165, 1.54) is 25.9 Å². The number of likely N-dealkylation sites (tertiary alicyclic amines) is 1. The molecule has 1 saturated heterocycles. The molecule has 0 saturated carbocycles. The molecule has 1 aliphatic rings. The van der Waals surface area contributed by atoms with Gasteiger partial charge in [-0.3, -0.25) is 0 Å². The van der Waals surface area contributed by atoms with E-state index < -0.39 is 10.0 Å². The molecule has 0 aliphatic carbocycles. The lowest BCUT2D eigenvalue weighted by Crippen LogP contribution is -2.40. The average molecular weight is 291 g/mol. The van der Waals surface area contributed by atoms with Crippen LogP contribution in [0.15, 0.2) is 0 Å². The van der Waals surface area contributed by atoms with Crippen molar-refractivity contribution < 1.29 is 8.42 Å². The summed E-state index contributed by atoms with van der Waals surface area (Å²) < 4.78 is 26.6. The van der Waals surface area contributed by atoms with Crippen molar-refractivity contribution in [3.63, 3.8) is 0 Å². The first kappa shape index (κ1) is 16.9. The third-order valence-electron chi connectivity index (χ3n) is 3.54. The number of hydrogen-bond acceptors (Lipinski definition) is 4. The van der Waals surface area contributed by atoms with Gasteiger partial charge in [0.2, 0.25) is 10.0 Å². The van der Waals surface area contributed by atoms with E-state index in [2.05, 4.69) is 21.9 Å². The van der Waals surface area contributed by atoms with Crippen LogP contribution < -0.4 is 10.0 Å². The number of rotatable bonds is 10. The van der Waals surface area contributed by atoms with E-state index in [1.807, 2.05) is 0 Å². The Labute approximate surface area is 118 Å². The lowest BCUT2D eigenvalue weighted by Gasteiger charge is -2.16. The maximum Gasteiger partial charge on any atom is 0.215 e. The quantitative estimate of drug-likeness (QED) is 0.584. The van der Waals surface area contributed by atoms with Crippen LogP contribution in [-0.2, 0) is 10.0 Å². The summed E-state index contributed by atoms with van der Waals surface area (Å²) in [7, 11) is -3.17. The normalized spacial score (nSPS) is 18.8. The zero-order valence-corrected chi connectivity index (χ0v) is 13.1. The van der Waals surface area contributed by atoms with Crippen LogP contribution in [0.2, 0.25) is 0 Å². The Morgan fingerprint density at radius 1 is 1.21 bits per heavy atom. The first-order valence-electron chi connectivity index (χ1n) is 7.48. The zero-order valence-electron chi connectivity index (χ0n) is 12.3. The van der Waals surface area contributed by atoms with Gasteiger partial charge in [-0.05, 0) is 58.8 Å². The molecule has 6 heteroatoms. The molecule has 2 N–H and O–H groups in total. The van der Waals surface area contributed by atoms with Crippen LogP contribution in [0.25, 0.3) is 0 Å². The van der Waals surface area contributed by atoms with Crippen molar-refractivity contribution in [2.45, 2.75) is 44.8 Å². The second kappa shape index (κ2) is 8.89. The van der Waals surface area contributed by atoms with Crippen molar-refractivity contribution in [2.75, 3.05) is 39.3 Å². The highest BCUT2D eigenvalue weighted by molar-refractivity contribution is 7.90. The Bertz CT molecular complexity index is 327. The molecule has 19 heavy (non-hydrogen) atoms. The van der Waals surface area contributed by atoms with Gasteiger partial charge in [-0.2, -0.15) is 0 Å². The minimum atomic E-state index is -3.17. The summed E-state index contributed by atoms with van der Waals surface area (Å²) in [5.41, 5.74) is 0. The second-order valence-corrected chi connectivity index (χ2v) is 7.54. The largest absolute Gasteiger partial charge is 0.315 e. The topological polar surface area (TPSA) is 61.4 Å². The molecule has 0 radical (unpaired) electrons. The van der Waals surface area contributed by atoms with Crippen LogP contribution in [0.1, 0.15) is 39.5 Å². The van der Waals surface area contributed by atoms with Gasteiger partial charge in [-0.1, -0.05) is 6.92 Å². The minimum absolute atomic E-state index is 0.370. The third-order valence-corrected chi connectivity index (χ3v) is 5.37. The molecular formula is C13H29N3O2S. The van der Waals surface area contributed by atoms with E-state index in [4.69, 9.17) is 0 Å². The van der Waals surface area contributed by atoms with Crippen LogP contribution in [0, 0.1) is 0 Å². The van der Waals surface area contributed by atoms with Gasteiger partial charge in [0.25, 0.3) is 0 Å². The Hall–Kier alpha value is -0.170. The minimum Gasteiger partial charge on any atom is -0.315 e. The summed E-state index contributed by atoms with van der Waals surface area (Å²) in [6, 6.07) is 0. The van der Waals surface area contributed by atoms with Crippen LogP contribution >= 0.6 is 0 Å². The summed E-state index contributed by atoms with van der Waals surface area (Å²) in [4.78, 5) is 2.40. The fourth-order valence-corrected chi connectivity index (χ4v) is 3.31. The monoisotopic (exact) mass is 291 g/mol. The molecule has 1 atom stereocenters. The molecule has 0 spiro atoms. The lowest BCUT2D eigenvalue weighted by molar-refractivity contribution is 0.334. The smallest absolute Gasteiger partial charge is 0.215 e. The maximum atomic E-state index is 12.0. The SMILES string of the molecule is CCCNCC(C)S(=O)(=O)NCCCN1CCCC1. The van der Waals surface area contributed by atoms with Crippen molar-refractivity contribution in [2.24, 2.45) is 0 Å². The predicted molar refractivity (Wildman–Crippen MR) is 79.8 cm³/mol. The molecule has 0 amide bonds. The molecule has 1 aliphatic heterocycles. The highest BCUT2D eigenvalue weighted by atomic mass is 32.2. The van der Waals surface area contributed by atoms with E-state index in [0.717, 1.165) is 25.9 Å². The molecule has 0 aromatic rings. The number of sulfonamides is 1. The van der Waals surface area contributed by atoms with Crippen LogP contribution in [-0.4, -0.2) is 57.8 Å². The van der Waals surface area contributed by atoms with Gasteiger partial charge in [0.1, 0.15) is 0 Å². The average Bonchev–Trinajstić information content (AvgIpc) is 2.88. The Morgan fingerprint density at radius 2 is 1.89 bits per heavy atom. The van der Waals surface area contributed by atoms with Gasteiger partial charge in [-0.25, -0.2) is 13.1 Å². The summed E-state index contributed by atoms with van der Waals surface area (Å²) >= 11 is 0. The zero-order chi connectivity index (χ0) is 14.1. The molecular weight excluding hydrogens is 262 g/mol. The molecule has 114 valence electrons. The summed E-state index contributed by atoms with van der Waals surface area (Å²) in [5.74, 6) is 0. The van der Waals surface area contributed by atoms with Gasteiger partial charge in [-0.15, -0.1) is 0 Å².